The lowest BCUT2D eigenvalue weighted by molar-refractivity contribution is 0.204. The Labute approximate surface area is 172 Å². The number of H-pyrrole nitrogens is 1. The number of fused-ring (bicyclic) bond motifs is 1. The van der Waals surface area contributed by atoms with Crippen LogP contribution >= 0.6 is 12.2 Å². The van der Waals surface area contributed by atoms with Gasteiger partial charge in [0.1, 0.15) is 0 Å². The van der Waals surface area contributed by atoms with E-state index < -0.39 is 0 Å². The number of methoxy groups -OCH3 is 1. The molecule has 2 aromatic carbocycles. The lowest BCUT2D eigenvalue weighted by Crippen LogP contribution is -2.39. The number of hydrogen-bond donors (Lipinski definition) is 3. The summed E-state index contributed by atoms with van der Waals surface area (Å²) in [6, 6.07) is 17.1. The van der Waals surface area contributed by atoms with Crippen molar-refractivity contribution in [2.75, 3.05) is 45.8 Å². The number of hydrogen-bond acceptors (Lipinski definition) is 3. The van der Waals surface area contributed by atoms with Gasteiger partial charge in [-0.3, -0.25) is 0 Å². The van der Waals surface area contributed by atoms with Crippen molar-refractivity contribution < 1.29 is 4.74 Å². The maximum Gasteiger partial charge on any atom is 0.166 e. The molecule has 0 spiro atoms. The Balaban J connectivity index is 1.85. The third kappa shape index (κ3) is 4.82. The van der Waals surface area contributed by atoms with E-state index in [1.54, 1.807) is 7.11 Å². The second-order valence-electron chi connectivity index (χ2n) is 6.96. The molecule has 3 rings (SSSR count). The molecule has 3 aromatic rings. The SMILES string of the molecule is COCCNC(=S)NC[C@@H](c1ccc(N(C)C)cc1)c1c[nH]c2ccccc12. The molecule has 5 nitrogen and oxygen atoms in total. The minimum atomic E-state index is 0.175. The van der Waals surface area contributed by atoms with Gasteiger partial charge >= 0.3 is 0 Å². The molecule has 3 N–H and O–H groups in total. The summed E-state index contributed by atoms with van der Waals surface area (Å²) in [4.78, 5) is 5.51. The van der Waals surface area contributed by atoms with Crippen LogP contribution in [0.4, 0.5) is 5.69 Å². The Kier molecular flexibility index (Phi) is 6.90. The highest BCUT2D eigenvalue weighted by Crippen LogP contribution is 2.31. The molecule has 0 radical (unpaired) electrons. The number of benzene rings is 2. The van der Waals surface area contributed by atoms with Crippen LogP contribution in [0.5, 0.6) is 0 Å². The van der Waals surface area contributed by atoms with E-state index in [4.69, 9.17) is 17.0 Å². The normalized spacial score (nSPS) is 12.0. The van der Waals surface area contributed by atoms with Crippen LogP contribution in [0.25, 0.3) is 10.9 Å². The molecular formula is C22H28N4OS. The lowest BCUT2D eigenvalue weighted by Gasteiger charge is -2.21. The van der Waals surface area contributed by atoms with E-state index in [1.807, 2.05) is 0 Å². The van der Waals surface area contributed by atoms with Crippen LogP contribution < -0.4 is 15.5 Å². The first-order valence-electron chi connectivity index (χ1n) is 9.44. The summed E-state index contributed by atoms with van der Waals surface area (Å²) in [5.41, 5.74) is 4.85. The fraction of sp³-hybridized carbons (Fsp3) is 0.318. The van der Waals surface area contributed by atoms with Crippen molar-refractivity contribution >= 4 is 33.9 Å². The van der Waals surface area contributed by atoms with Crippen LogP contribution in [-0.2, 0) is 4.74 Å². The zero-order chi connectivity index (χ0) is 19.9. The third-order valence-electron chi connectivity index (χ3n) is 4.87. The monoisotopic (exact) mass is 396 g/mol. The largest absolute Gasteiger partial charge is 0.383 e. The van der Waals surface area contributed by atoms with E-state index >= 15 is 0 Å². The maximum absolute atomic E-state index is 5.42. The fourth-order valence-electron chi connectivity index (χ4n) is 3.32. The van der Waals surface area contributed by atoms with Gasteiger partial charge in [-0.15, -0.1) is 0 Å². The smallest absolute Gasteiger partial charge is 0.166 e. The highest BCUT2D eigenvalue weighted by Gasteiger charge is 2.18. The molecule has 0 saturated heterocycles. The molecule has 148 valence electrons. The molecule has 0 fully saturated rings. The maximum atomic E-state index is 5.42. The highest BCUT2D eigenvalue weighted by atomic mass is 32.1. The fourth-order valence-corrected chi connectivity index (χ4v) is 3.50. The van der Waals surface area contributed by atoms with Gasteiger partial charge in [-0.05, 0) is 41.5 Å². The molecule has 0 aliphatic heterocycles. The van der Waals surface area contributed by atoms with E-state index in [9.17, 15) is 0 Å². The Morgan fingerprint density at radius 3 is 2.57 bits per heavy atom. The van der Waals surface area contributed by atoms with Crippen molar-refractivity contribution in [3.8, 4) is 0 Å². The summed E-state index contributed by atoms with van der Waals surface area (Å²) in [6.45, 7) is 2.03. The minimum absolute atomic E-state index is 0.175. The van der Waals surface area contributed by atoms with Gasteiger partial charge in [-0.25, -0.2) is 0 Å². The van der Waals surface area contributed by atoms with Crippen LogP contribution in [0.1, 0.15) is 17.0 Å². The summed E-state index contributed by atoms with van der Waals surface area (Å²) in [5, 5.41) is 8.43. The Bertz CT molecular complexity index is 904. The zero-order valence-electron chi connectivity index (χ0n) is 16.7. The summed E-state index contributed by atoms with van der Waals surface area (Å²) in [5.74, 6) is 0.175. The van der Waals surface area contributed by atoms with Crippen molar-refractivity contribution in [1.82, 2.24) is 15.6 Å². The zero-order valence-corrected chi connectivity index (χ0v) is 17.5. The number of ether oxygens (including phenoxy) is 1. The average Bonchev–Trinajstić information content (AvgIpc) is 3.13. The van der Waals surface area contributed by atoms with Gasteiger partial charge in [0.15, 0.2) is 5.11 Å². The molecule has 28 heavy (non-hydrogen) atoms. The average molecular weight is 397 g/mol. The van der Waals surface area contributed by atoms with Crippen LogP contribution in [0, 0.1) is 0 Å². The van der Waals surface area contributed by atoms with Crippen LogP contribution in [0.2, 0.25) is 0 Å². The predicted molar refractivity (Wildman–Crippen MR) is 121 cm³/mol. The van der Waals surface area contributed by atoms with Crippen molar-refractivity contribution in [3.63, 3.8) is 0 Å². The number of para-hydroxylation sites is 1. The van der Waals surface area contributed by atoms with Crippen LogP contribution in [0.3, 0.4) is 0 Å². The van der Waals surface area contributed by atoms with E-state index in [0.29, 0.717) is 24.8 Å². The first-order valence-corrected chi connectivity index (χ1v) is 9.85. The van der Waals surface area contributed by atoms with E-state index in [-0.39, 0.29) is 5.92 Å². The second-order valence-corrected chi connectivity index (χ2v) is 7.37. The van der Waals surface area contributed by atoms with Crippen molar-refractivity contribution in [1.29, 1.82) is 0 Å². The number of nitrogens with zero attached hydrogens (tertiary/aromatic N) is 1. The lowest BCUT2D eigenvalue weighted by atomic mass is 9.90. The Morgan fingerprint density at radius 2 is 1.86 bits per heavy atom. The molecule has 1 heterocycles. The van der Waals surface area contributed by atoms with Crippen LogP contribution in [0.15, 0.2) is 54.7 Å². The van der Waals surface area contributed by atoms with Gasteiger partial charge in [0, 0.05) is 63.0 Å². The number of thiocarbonyl (C=S) groups is 1. The topological polar surface area (TPSA) is 52.3 Å². The summed E-state index contributed by atoms with van der Waals surface area (Å²) < 4.78 is 5.07. The van der Waals surface area contributed by atoms with Gasteiger partial charge in [-0.2, -0.15) is 0 Å². The molecule has 1 aromatic heterocycles. The molecule has 1 atom stereocenters. The molecule has 0 unspecified atom stereocenters. The van der Waals surface area contributed by atoms with Crippen LogP contribution in [-0.4, -0.2) is 51.0 Å². The molecule has 0 bridgehead atoms. The van der Waals surface area contributed by atoms with E-state index in [2.05, 4.69) is 89.3 Å². The number of anilines is 1. The van der Waals surface area contributed by atoms with Gasteiger partial charge in [0.2, 0.25) is 0 Å². The minimum Gasteiger partial charge on any atom is -0.383 e. The molecular weight excluding hydrogens is 368 g/mol. The Morgan fingerprint density at radius 1 is 1.11 bits per heavy atom. The summed E-state index contributed by atoms with van der Waals surface area (Å²) in [6.07, 6.45) is 2.11. The number of nitrogens with one attached hydrogen (secondary N) is 3. The van der Waals surface area contributed by atoms with Gasteiger partial charge < -0.3 is 25.3 Å². The van der Waals surface area contributed by atoms with Crippen molar-refractivity contribution in [3.05, 3.63) is 65.9 Å². The molecule has 0 amide bonds. The second kappa shape index (κ2) is 9.57. The standard InChI is InChI=1S/C22H28N4OS/c1-26(2)17-10-8-16(9-11-17)19(14-25-22(28)23-12-13-27-3)20-15-24-21-7-5-4-6-18(20)21/h4-11,15,19,24H,12-14H2,1-3H3,(H2,23,25,28)/t19-/m0/s1. The van der Waals surface area contributed by atoms with Gasteiger partial charge in [-0.1, -0.05) is 30.3 Å². The van der Waals surface area contributed by atoms with Crippen molar-refractivity contribution in [2.24, 2.45) is 0 Å². The third-order valence-corrected chi connectivity index (χ3v) is 5.16. The Hall–Kier alpha value is -2.57. The number of rotatable bonds is 8. The number of aromatic amines is 1. The highest BCUT2D eigenvalue weighted by molar-refractivity contribution is 7.80. The molecule has 0 aliphatic rings. The quantitative estimate of drug-likeness (QED) is 0.402. The first-order chi connectivity index (χ1) is 13.6. The van der Waals surface area contributed by atoms with E-state index in [0.717, 1.165) is 5.52 Å². The summed E-state index contributed by atoms with van der Waals surface area (Å²) >= 11 is 5.42. The van der Waals surface area contributed by atoms with Gasteiger partial charge in [0.25, 0.3) is 0 Å². The molecule has 0 saturated carbocycles. The number of aromatic nitrogens is 1. The first kappa shape index (κ1) is 20.2. The molecule has 6 heteroatoms. The predicted octanol–water partition coefficient (Wildman–Crippen LogP) is 3.48. The van der Waals surface area contributed by atoms with E-state index in [1.165, 1.54) is 22.2 Å². The van der Waals surface area contributed by atoms with Crippen molar-refractivity contribution in [2.45, 2.75) is 5.92 Å². The molecule has 0 aliphatic carbocycles. The summed E-state index contributed by atoms with van der Waals surface area (Å²) in [7, 11) is 5.79. The van der Waals surface area contributed by atoms with Gasteiger partial charge in [0.05, 0.1) is 6.61 Å².